The van der Waals surface area contributed by atoms with Gasteiger partial charge in [0, 0.05) is 25.7 Å². The van der Waals surface area contributed by atoms with Gasteiger partial charge in [-0.15, -0.1) is 0 Å². The molecule has 0 amide bonds. The number of unbranched alkanes of at least 4 members (excludes halogenated alkanes) is 43. The van der Waals surface area contributed by atoms with Crippen molar-refractivity contribution in [2.45, 2.75) is 400 Å². The van der Waals surface area contributed by atoms with E-state index in [0.717, 1.165) is 102 Å². The molecule has 0 aromatic carbocycles. The van der Waals surface area contributed by atoms with Crippen molar-refractivity contribution < 1.29 is 80.2 Å². The number of aliphatic hydroxyl groups excluding tert-OH is 1. The lowest BCUT2D eigenvalue weighted by Gasteiger charge is -2.21. The summed E-state index contributed by atoms with van der Waals surface area (Å²) in [5, 5.41) is 10.6. The Kier molecular flexibility index (Phi) is 64.6. The van der Waals surface area contributed by atoms with E-state index in [2.05, 4.69) is 41.5 Å². The summed E-state index contributed by atoms with van der Waals surface area (Å²) in [4.78, 5) is 72.7. The Hall–Kier alpha value is -1.94. The summed E-state index contributed by atoms with van der Waals surface area (Å²) >= 11 is 0. The van der Waals surface area contributed by atoms with E-state index in [-0.39, 0.29) is 25.7 Å². The Morgan fingerprint density at radius 1 is 0.290 bits per heavy atom. The highest BCUT2D eigenvalue weighted by atomic mass is 31.2. The molecule has 552 valence electrons. The fraction of sp³-hybridized carbons (Fsp3) is 0.946. The maximum Gasteiger partial charge on any atom is 0.472 e. The molecular weight excluding hydrogens is 1220 g/mol. The van der Waals surface area contributed by atoms with Crippen molar-refractivity contribution in [2.75, 3.05) is 39.6 Å². The van der Waals surface area contributed by atoms with Gasteiger partial charge in [0.1, 0.15) is 19.3 Å². The van der Waals surface area contributed by atoms with Crippen LogP contribution in [0.4, 0.5) is 0 Å². The van der Waals surface area contributed by atoms with Crippen LogP contribution in [0.5, 0.6) is 0 Å². The highest BCUT2D eigenvalue weighted by molar-refractivity contribution is 7.47. The molecule has 0 heterocycles. The van der Waals surface area contributed by atoms with Gasteiger partial charge in [0.15, 0.2) is 12.2 Å². The number of rotatable bonds is 73. The first-order valence-corrected chi connectivity index (χ1v) is 41.5. The second kappa shape index (κ2) is 66.0. The molecule has 0 aromatic heterocycles. The number of ether oxygens (including phenoxy) is 4. The van der Waals surface area contributed by atoms with Crippen molar-refractivity contribution in [1.82, 2.24) is 0 Å². The maximum absolute atomic E-state index is 13.1. The molecule has 0 rings (SSSR count). The molecule has 0 bridgehead atoms. The number of carbonyl (C=O) groups excluding carboxylic acids is 4. The minimum Gasteiger partial charge on any atom is -0.462 e. The van der Waals surface area contributed by atoms with Gasteiger partial charge in [0.2, 0.25) is 0 Å². The normalized spacial score (nSPS) is 14.1. The van der Waals surface area contributed by atoms with E-state index in [1.54, 1.807) is 0 Å². The van der Waals surface area contributed by atoms with Crippen LogP contribution in [0.1, 0.15) is 382 Å². The Morgan fingerprint density at radius 3 is 0.731 bits per heavy atom. The largest absolute Gasteiger partial charge is 0.472 e. The Balaban J connectivity index is 5.25. The van der Waals surface area contributed by atoms with E-state index in [1.807, 2.05) is 0 Å². The molecule has 93 heavy (non-hydrogen) atoms. The van der Waals surface area contributed by atoms with Crippen LogP contribution in [0.2, 0.25) is 0 Å². The summed E-state index contributed by atoms with van der Waals surface area (Å²) in [6, 6.07) is 0. The highest BCUT2D eigenvalue weighted by Gasteiger charge is 2.30. The zero-order chi connectivity index (χ0) is 68.6. The summed E-state index contributed by atoms with van der Waals surface area (Å²) in [6.07, 6.45) is 52.6. The van der Waals surface area contributed by atoms with Crippen molar-refractivity contribution in [3.8, 4) is 0 Å². The molecule has 0 aliphatic rings. The topological polar surface area (TPSA) is 237 Å². The van der Waals surface area contributed by atoms with Crippen molar-refractivity contribution in [3.05, 3.63) is 0 Å². The zero-order valence-electron chi connectivity index (χ0n) is 60.6. The van der Waals surface area contributed by atoms with E-state index < -0.39 is 97.5 Å². The first-order valence-electron chi connectivity index (χ1n) is 38.5. The summed E-state index contributed by atoms with van der Waals surface area (Å²) in [5.74, 6) is -0.613. The number of aliphatic hydroxyl groups is 1. The van der Waals surface area contributed by atoms with E-state index in [0.29, 0.717) is 25.7 Å². The van der Waals surface area contributed by atoms with Crippen LogP contribution in [-0.4, -0.2) is 96.7 Å². The summed E-state index contributed by atoms with van der Waals surface area (Å²) in [7, 11) is -9.91. The van der Waals surface area contributed by atoms with Gasteiger partial charge in [-0.1, -0.05) is 330 Å². The number of phosphoric acid groups is 2. The van der Waals surface area contributed by atoms with Crippen LogP contribution in [0.15, 0.2) is 0 Å². The number of esters is 4. The third-order valence-electron chi connectivity index (χ3n) is 17.2. The van der Waals surface area contributed by atoms with Crippen molar-refractivity contribution in [3.63, 3.8) is 0 Å². The quantitative estimate of drug-likeness (QED) is 0.0222. The molecule has 0 radical (unpaired) electrons. The minimum atomic E-state index is -4.96. The molecule has 5 atom stereocenters. The predicted octanol–water partition coefficient (Wildman–Crippen LogP) is 21.6. The molecule has 0 spiro atoms. The Labute approximate surface area is 568 Å². The van der Waals surface area contributed by atoms with E-state index in [9.17, 15) is 43.2 Å². The van der Waals surface area contributed by atoms with Gasteiger partial charge in [-0.05, 0) is 37.5 Å². The van der Waals surface area contributed by atoms with Gasteiger partial charge in [-0.25, -0.2) is 9.13 Å². The van der Waals surface area contributed by atoms with Crippen molar-refractivity contribution in [2.24, 2.45) is 11.8 Å². The van der Waals surface area contributed by atoms with Gasteiger partial charge < -0.3 is 33.8 Å². The van der Waals surface area contributed by atoms with Crippen LogP contribution < -0.4 is 0 Å². The molecular formula is C74H144O17P2. The fourth-order valence-electron chi connectivity index (χ4n) is 11.3. The van der Waals surface area contributed by atoms with Crippen LogP contribution in [0.3, 0.4) is 0 Å². The van der Waals surface area contributed by atoms with Gasteiger partial charge >= 0.3 is 39.5 Å². The van der Waals surface area contributed by atoms with Gasteiger partial charge in [-0.3, -0.25) is 37.3 Å². The average Bonchev–Trinajstić information content (AvgIpc) is 2.50. The summed E-state index contributed by atoms with van der Waals surface area (Å²) in [6.45, 7) is 9.56. The lowest BCUT2D eigenvalue weighted by Crippen LogP contribution is -2.30. The molecule has 0 aromatic rings. The number of phosphoric ester groups is 2. The standard InChI is InChI=1S/C74H144O17P2/c1-7-9-11-13-15-17-19-21-22-23-28-31-38-44-50-56-71(76)84-62-69(90-74(79)59-53-47-41-33-29-25-24-26-30-36-42-48-54-66(3)4)64-88-92(80,81)86-60-68(75)61-87-93(82,83)89-65-70(63-85-72(77)57-51-45-39-35-34-37-43-49-55-67(5)6)91-73(78)58-52-46-40-32-27-20-18-16-14-12-10-8-2/h66-70,75H,7-65H2,1-6H3,(H,80,81)(H,82,83)/t68-,69-,70-/m1/s1. The van der Waals surface area contributed by atoms with E-state index in [1.165, 1.54) is 199 Å². The molecule has 2 unspecified atom stereocenters. The molecule has 0 aliphatic heterocycles. The van der Waals surface area contributed by atoms with Gasteiger partial charge in [0.25, 0.3) is 0 Å². The number of hydrogen-bond acceptors (Lipinski definition) is 15. The first-order chi connectivity index (χ1) is 44.9. The molecule has 19 heteroatoms. The highest BCUT2D eigenvalue weighted by Crippen LogP contribution is 2.45. The molecule has 0 aliphatic carbocycles. The second-order valence-corrected chi connectivity index (χ2v) is 30.5. The number of hydrogen-bond donors (Lipinski definition) is 3. The van der Waals surface area contributed by atoms with Crippen molar-refractivity contribution >= 4 is 39.5 Å². The third-order valence-corrected chi connectivity index (χ3v) is 19.1. The van der Waals surface area contributed by atoms with Gasteiger partial charge in [0.05, 0.1) is 26.4 Å². The van der Waals surface area contributed by atoms with Gasteiger partial charge in [-0.2, -0.15) is 0 Å². The minimum absolute atomic E-state index is 0.107. The Morgan fingerprint density at radius 2 is 0.495 bits per heavy atom. The average molecular weight is 1370 g/mol. The molecule has 3 N–H and O–H groups in total. The predicted molar refractivity (Wildman–Crippen MR) is 377 cm³/mol. The lowest BCUT2D eigenvalue weighted by atomic mass is 10.0. The second-order valence-electron chi connectivity index (χ2n) is 27.6. The smallest absolute Gasteiger partial charge is 0.462 e. The first kappa shape index (κ1) is 91.1. The summed E-state index contributed by atoms with van der Waals surface area (Å²) < 4.78 is 68.5. The third kappa shape index (κ3) is 68.4. The SMILES string of the molecule is CCCCCCCCCCCCCCCCCC(=O)OC[C@H](COP(=O)(O)OC[C@@H](O)COP(=O)(O)OC[C@@H](COC(=O)CCCCCCCCCCC(C)C)OC(=O)CCCCCCCCCCCCCC)OC(=O)CCCCCCCCCCCCCCC(C)C. The van der Waals surface area contributed by atoms with Crippen LogP contribution in [0.25, 0.3) is 0 Å². The lowest BCUT2D eigenvalue weighted by molar-refractivity contribution is -0.161. The summed E-state index contributed by atoms with van der Waals surface area (Å²) in [5.41, 5.74) is 0. The molecule has 0 saturated carbocycles. The maximum atomic E-state index is 13.1. The fourth-order valence-corrected chi connectivity index (χ4v) is 12.9. The van der Waals surface area contributed by atoms with Crippen LogP contribution >= 0.6 is 15.6 Å². The molecule has 0 saturated heterocycles. The Bertz CT molecular complexity index is 1800. The molecule has 0 fully saturated rings. The van der Waals surface area contributed by atoms with E-state index >= 15 is 0 Å². The number of carbonyl (C=O) groups is 4. The van der Waals surface area contributed by atoms with Crippen LogP contribution in [-0.2, 0) is 65.4 Å². The van der Waals surface area contributed by atoms with Crippen molar-refractivity contribution in [1.29, 1.82) is 0 Å². The zero-order valence-corrected chi connectivity index (χ0v) is 62.3. The monoisotopic (exact) mass is 1370 g/mol. The van der Waals surface area contributed by atoms with Crippen LogP contribution in [0, 0.1) is 11.8 Å². The molecule has 17 nitrogen and oxygen atoms in total. The van der Waals surface area contributed by atoms with E-state index in [4.69, 9.17) is 37.0 Å².